The van der Waals surface area contributed by atoms with Crippen LogP contribution in [0.5, 0.6) is 6.01 Å². The monoisotopic (exact) mass is 278 g/mol. The summed E-state index contributed by atoms with van der Waals surface area (Å²) in [5.41, 5.74) is 0.784. The van der Waals surface area contributed by atoms with Gasteiger partial charge < -0.3 is 14.1 Å². The van der Waals surface area contributed by atoms with Gasteiger partial charge in [0.15, 0.2) is 6.17 Å². The molecule has 0 unspecified atom stereocenters. The highest BCUT2D eigenvalue weighted by molar-refractivity contribution is 5.28. The average molecular weight is 278 g/mol. The Hall–Kier alpha value is -2.18. The summed E-state index contributed by atoms with van der Waals surface area (Å²) in [6.45, 7) is 2.65. The fourth-order valence-electron chi connectivity index (χ4n) is 2.16. The lowest BCUT2D eigenvalue weighted by atomic mass is 10.1. The Bertz CT molecular complexity index is 563. The molecule has 2 aromatic rings. The van der Waals surface area contributed by atoms with Crippen molar-refractivity contribution in [2.24, 2.45) is 0 Å². The molecule has 7 heteroatoms. The highest BCUT2D eigenvalue weighted by Crippen LogP contribution is 2.23. The third kappa shape index (κ3) is 2.71. The van der Waals surface area contributed by atoms with E-state index in [0.717, 1.165) is 5.69 Å². The van der Waals surface area contributed by atoms with Crippen molar-refractivity contribution in [1.82, 2.24) is 15.0 Å². The van der Waals surface area contributed by atoms with Crippen LogP contribution in [-0.2, 0) is 0 Å². The van der Waals surface area contributed by atoms with Crippen LogP contribution in [0, 0.1) is 6.92 Å². The highest BCUT2D eigenvalue weighted by atomic mass is 19.1. The van der Waals surface area contributed by atoms with Gasteiger partial charge in [-0.1, -0.05) is 0 Å². The number of oxazole rings is 1. The van der Waals surface area contributed by atoms with Crippen LogP contribution in [0.15, 0.2) is 29.1 Å². The number of halogens is 1. The summed E-state index contributed by atoms with van der Waals surface area (Å²) in [5, 5.41) is 0. The molecule has 1 saturated heterocycles. The Morgan fingerprint density at radius 3 is 2.85 bits per heavy atom. The molecule has 0 spiro atoms. The number of alkyl halides is 1. The third-order valence-electron chi connectivity index (χ3n) is 3.16. The molecule has 0 amide bonds. The molecule has 1 aliphatic rings. The van der Waals surface area contributed by atoms with Crippen molar-refractivity contribution in [3.63, 3.8) is 0 Å². The van der Waals surface area contributed by atoms with E-state index in [0.29, 0.717) is 19.0 Å². The minimum Gasteiger partial charge on any atom is -0.457 e. The zero-order chi connectivity index (χ0) is 13.9. The maximum Gasteiger partial charge on any atom is 0.316 e. The standard InChI is InChI=1S/C13H15FN4O2/c1-9-8-19-13(17-9)18-6-3-11(10(14)7-18)20-12-15-4-2-5-16-12/h2,4-5,8,10-11H,3,6-7H2,1H3/t10-,11+/m0/s1. The van der Waals surface area contributed by atoms with E-state index in [9.17, 15) is 4.39 Å². The second-order valence-corrected chi connectivity index (χ2v) is 4.71. The number of rotatable bonds is 3. The van der Waals surface area contributed by atoms with Gasteiger partial charge in [0.2, 0.25) is 0 Å². The zero-order valence-electron chi connectivity index (χ0n) is 11.1. The Labute approximate surface area is 115 Å². The minimum atomic E-state index is -1.14. The third-order valence-corrected chi connectivity index (χ3v) is 3.16. The van der Waals surface area contributed by atoms with E-state index in [2.05, 4.69) is 15.0 Å². The van der Waals surface area contributed by atoms with Crippen LogP contribution in [-0.4, -0.2) is 40.3 Å². The topological polar surface area (TPSA) is 64.3 Å². The maximum absolute atomic E-state index is 14.2. The second kappa shape index (κ2) is 5.44. The predicted octanol–water partition coefficient (Wildman–Crippen LogP) is 1.77. The Morgan fingerprint density at radius 2 is 2.20 bits per heavy atom. The van der Waals surface area contributed by atoms with Gasteiger partial charge in [-0.2, -0.15) is 4.98 Å². The van der Waals surface area contributed by atoms with Gasteiger partial charge in [-0.25, -0.2) is 14.4 Å². The highest BCUT2D eigenvalue weighted by Gasteiger charge is 2.33. The lowest BCUT2D eigenvalue weighted by Crippen LogP contribution is -2.47. The molecule has 0 radical (unpaired) electrons. The number of ether oxygens (including phenoxy) is 1. The van der Waals surface area contributed by atoms with E-state index in [4.69, 9.17) is 9.15 Å². The fraction of sp³-hybridized carbons (Fsp3) is 0.462. The van der Waals surface area contributed by atoms with Crippen LogP contribution >= 0.6 is 0 Å². The quantitative estimate of drug-likeness (QED) is 0.852. The Morgan fingerprint density at radius 1 is 1.40 bits per heavy atom. The smallest absolute Gasteiger partial charge is 0.316 e. The van der Waals surface area contributed by atoms with E-state index in [1.807, 2.05) is 6.92 Å². The Balaban J connectivity index is 1.62. The van der Waals surface area contributed by atoms with Crippen molar-refractivity contribution in [2.45, 2.75) is 25.6 Å². The van der Waals surface area contributed by atoms with E-state index >= 15 is 0 Å². The van der Waals surface area contributed by atoms with Crippen LogP contribution in [0.3, 0.4) is 0 Å². The van der Waals surface area contributed by atoms with Crippen LogP contribution in [0.4, 0.5) is 10.4 Å². The molecule has 0 bridgehead atoms. The molecule has 0 N–H and O–H groups in total. The van der Waals surface area contributed by atoms with Gasteiger partial charge in [-0.3, -0.25) is 0 Å². The molecule has 3 heterocycles. The van der Waals surface area contributed by atoms with Gasteiger partial charge in [0.1, 0.15) is 12.4 Å². The summed E-state index contributed by atoms with van der Waals surface area (Å²) in [6, 6.07) is 2.35. The normalized spacial score (nSPS) is 22.8. The van der Waals surface area contributed by atoms with E-state index in [1.54, 1.807) is 29.6 Å². The van der Waals surface area contributed by atoms with Crippen molar-refractivity contribution in [1.29, 1.82) is 0 Å². The number of aryl methyl sites for hydroxylation is 1. The van der Waals surface area contributed by atoms with Crippen LogP contribution in [0.25, 0.3) is 0 Å². The average Bonchev–Trinajstić information content (AvgIpc) is 2.89. The number of hydrogen-bond donors (Lipinski definition) is 0. The summed E-state index contributed by atoms with van der Waals surface area (Å²) in [4.78, 5) is 13.9. The molecule has 2 aromatic heterocycles. The molecule has 1 fully saturated rings. The van der Waals surface area contributed by atoms with Crippen LogP contribution in [0.1, 0.15) is 12.1 Å². The molecule has 2 atom stereocenters. The van der Waals surface area contributed by atoms with Crippen molar-refractivity contribution in [3.05, 3.63) is 30.4 Å². The number of anilines is 1. The predicted molar refractivity (Wildman–Crippen MR) is 69.4 cm³/mol. The molecule has 0 saturated carbocycles. The zero-order valence-corrected chi connectivity index (χ0v) is 11.1. The lowest BCUT2D eigenvalue weighted by molar-refractivity contribution is 0.0723. The SMILES string of the molecule is Cc1coc(N2CC[C@@H](Oc3ncccn3)[C@@H](F)C2)n1. The molecule has 3 rings (SSSR count). The number of hydrogen-bond acceptors (Lipinski definition) is 6. The van der Waals surface area contributed by atoms with Gasteiger partial charge >= 0.3 is 6.01 Å². The summed E-state index contributed by atoms with van der Waals surface area (Å²) in [5.74, 6) is 0. The molecular weight excluding hydrogens is 263 g/mol. The molecule has 0 aliphatic carbocycles. The summed E-state index contributed by atoms with van der Waals surface area (Å²) in [7, 11) is 0. The number of aromatic nitrogens is 3. The van der Waals surface area contributed by atoms with Gasteiger partial charge in [-0.15, -0.1) is 0 Å². The number of nitrogens with zero attached hydrogens (tertiary/aromatic N) is 4. The van der Waals surface area contributed by atoms with Gasteiger partial charge in [0.25, 0.3) is 6.01 Å². The molecule has 0 aromatic carbocycles. The van der Waals surface area contributed by atoms with E-state index in [1.165, 1.54) is 0 Å². The largest absolute Gasteiger partial charge is 0.457 e. The number of piperidine rings is 1. The van der Waals surface area contributed by atoms with Crippen molar-refractivity contribution >= 4 is 6.01 Å². The minimum absolute atomic E-state index is 0.192. The first kappa shape index (κ1) is 12.8. The van der Waals surface area contributed by atoms with Gasteiger partial charge in [0, 0.05) is 25.4 Å². The van der Waals surface area contributed by atoms with Crippen LogP contribution in [0.2, 0.25) is 0 Å². The molecule has 1 aliphatic heterocycles. The first-order valence-electron chi connectivity index (χ1n) is 6.47. The summed E-state index contributed by atoms with van der Waals surface area (Å²) < 4.78 is 25.0. The Kier molecular flexibility index (Phi) is 3.49. The molecule has 20 heavy (non-hydrogen) atoms. The van der Waals surface area contributed by atoms with Gasteiger partial charge in [0.05, 0.1) is 12.2 Å². The van der Waals surface area contributed by atoms with Gasteiger partial charge in [-0.05, 0) is 13.0 Å². The van der Waals surface area contributed by atoms with Crippen molar-refractivity contribution in [2.75, 3.05) is 18.0 Å². The fourth-order valence-corrected chi connectivity index (χ4v) is 2.16. The van der Waals surface area contributed by atoms with E-state index in [-0.39, 0.29) is 12.6 Å². The molecule has 6 nitrogen and oxygen atoms in total. The lowest BCUT2D eigenvalue weighted by Gasteiger charge is -2.33. The van der Waals surface area contributed by atoms with Crippen molar-refractivity contribution in [3.8, 4) is 6.01 Å². The van der Waals surface area contributed by atoms with Crippen molar-refractivity contribution < 1.29 is 13.5 Å². The summed E-state index contributed by atoms with van der Waals surface area (Å²) in [6.07, 6.45) is 3.55. The van der Waals surface area contributed by atoms with E-state index < -0.39 is 12.3 Å². The first-order chi connectivity index (χ1) is 9.72. The molecular formula is C13H15FN4O2. The summed E-state index contributed by atoms with van der Waals surface area (Å²) >= 11 is 0. The van der Waals surface area contributed by atoms with Crippen LogP contribution < -0.4 is 9.64 Å². The second-order valence-electron chi connectivity index (χ2n) is 4.71. The maximum atomic E-state index is 14.2. The molecule has 106 valence electrons. The first-order valence-corrected chi connectivity index (χ1v) is 6.47.